The molecular formula is C10H15N. The van der Waals surface area contributed by atoms with E-state index in [4.69, 9.17) is 0 Å². The van der Waals surface area contributed by atoms with E-state index in [1.54, 1.807) is 5.57 Å². The van der Waals surface area contributed by atoms with Gasteiger partial charge in [0.05, 0.1) is 0 Å². The van der Waals surface area contributed by atoms with Crippen molar-refractivity contribution in [2.24, 2.45) is 5.92 Å². The Bertz CT molecular complexity index is 213. The van der Waals surface area contributed by atoms with Crippen molar-refractivity contribution in [1.82, 2.24) is 5.32 Å². The van der Waals surface area contributed by atoms with Crippen LogP contribution < -0.4 is 5.32 Å². The van der Waals surface area contributed by atoms with Crippen LogP contribution in [0.2, 0.25) is 0 Å². The molecule has 2 rings (SSSR count). The van der Waals surface area contributed by atoms with E-state index in [1.807, 2.05) is 0 Å². The molecule has 0 spiro atoms. The number of rotatable bonds is 0. The van der Waals surface area contributed by atoms with Gasteiger partial charge < -0.3 is 5.32 Å². The number of hydrogen-bond acceptors (Lipinski definition) is 1. The maximum atomic E-state index is 3.46. The lowest BCUT2D eigenvalue weighted by molar-refractivity contribution is 0.496. The zero-order valence-corrected chi connectivity index (χ0v) is 7.06. The minimum Gasteiger partial charge on any atom is -0.385 e. The van der Waals surface area contributed by atoms with Crippen LogP contribution in [0.5, 0.6) is 0 Å². The van der Waals surface area contributed by atoms with Gasteiger partial charge in [0.25, 0.3) is 0 Å². The highest BCUT2D eigenvalue weighted by atomic mass is 14.9. The fraction of sp³-hybridized carbons (Fsp3) is 0.600. The Balaban J connectivity index is 2.19. The molecule has 1 nitrogen and oxygen atoms in total. The summed E-state index contributed by atoms with van der Waals surface area (Å²) in [6.45, 7) is 3.47. The molecule has 1 N–H and O–H groups in total. The Morgan fingerprint density at radius 2 is 2.45 bits per heavy atom. The van der Waals surface area contributed by atoms with Crippen LogP contribution in [0.3, 0.4) is 0 Å². The second-order valence-corrected chi connectivity index (χ2v) is 3.65. The van der Waals surface area contributed by atoms with Gasteiger partial charge >= 0.3 is 0 Å². The van der Waals surface area contributed by atoms with Gasteiger partial charge in [0.2, 0.25) is 0 Å². The van der Waals surface area contributed by atoms with Crippen LogP contribution in [0.25, 0.3) is 0 Å². The first-order chi connectivity index (χ1) is 5.36. The lowest BCUT2D eigenvalue weighted by Crippen LogP contribution is -2.27. The molecule has 60 valence electrons. The predicted molar refractivity (Wildman–Crippen MR) is 47.2 cm³/mol. The summed E-state index contributed by atoms with van der Waals surface area (Å²) < 4.78 is 0. The smallest absolute Gasteiger partial charge is 0.0329 e. The van der Waals surface area contributed by atoms with Gasteiger partial charge in [-0.2, -0.15) is 0 Å². The Morgan fingerprint density at radius 3 is 3.36 bits per heavy atom. The topological polar surface area (TPSA) is 12.0 Å². The minimum atomic E-state index is 0.834. The first kappa shape index (κ1) is 6.96. The zero-order chi connectivity index (χ0) is 7.68. The van der Waals surface area contributed by atoms with E-state index < -0.39 is 0 Å². The average molecular weight is 149 g/mol. The number of hydrogen-bond donors (Lipinski definition) is 1. The van der Waals surface area contributed by atoms with E-state index in [9.17, 15) is 0 Å². The van der Waals surface area contributed by atoms with Crippen LogP contribution in [0.4, 0.5) is 0 Å². The summed E-state index contributed by atoms with van der Waals surface area (Å²) in [4.78, 5) is 0. The third kappa shape index (κ3) is 1.32. The SMILES string of the molecule is CC1CNC2=C(CCC=C2)C1. The maximum absolute atomic E-state index is 3.46. The van der Waals surface area contributed by atoms with E-state index in [0.717, 1.165) is 12.5 Å². The Morgan fingerprint density at radius 1 is 1.55 bits per heavy atom. The van der Waals surface area contributed by atoms with Crippen molar-refractivity contribution in [3.8, 4) is 0 Å². The number of nitrogens with one attached hydrogen (secondary N) is 1. The maximum Gasteiger partial charge on any atom is 0.0329 e. The molecule has 0 radical (unpaired) electrons. The molecule has 2 aliphatic rings. The highest BCUT2D eigenvalue weighted by molar-refractivity contribution is 5.30. The van der Waals surface area contributed by atoms with Crippen LogP contribution in [-0.4, -0.2) is 6.54 Å². The van der Waals surface area contributed by atoms with Crippen molar-refractivity contribution in [2.75, 3.05) is 6.54 Å². The van der Waals surface area contributed by atoms with Crippen molar-refractivity contribution in [1.29, 1.82) is 0 Å². The fourth-order valence-electron chi connectivity index (χ4n) is 1.88. The second kappa shape index (κ2) is 2.72. The van der Waals surface area contributed by atoms with Gasteiger partial charge in [-0.05, 0) is 36.8 Å². The lowest BCUT2D eigenvalue weighted by Gasteiger charge is -2.26. The molecule has 11 heavy (non-hydrogen) atoms. The highest BCUT2D eigenvalue weighted by Crippen LogP contribution is 2.26. The van der Waals surface area contributed by atoms with E-state index in [2.05, 4.69) is 24.4 Å². The summed E-state index contributed by atoms with van der Waals surface area (Å²) in [7, 11) is 0. The van der Waals surface area contributed by atoms with E-state index >= 15 is 0 Å². The van der Waals surface area contributed by atoms with Crippen LogP contribution >= 0.6 is 0 Å². The molecule has 1 atom stereocenters. The van der Waals surface area contributed by atoms with Gasteiger partial charge in [-0.3, -0.25) is 0 Å². The second-order valence-electron chi connectivity index (χ2n) is 3.65. The molecule has 1 heteroatoms. The molecule has 0 bridgehead atoms. The molecule has 0 aromatic heterocycles. The standard InChI is InChI=1S/C10H15N/c1-8-6-9-4-2-3-5-10(9)11-7-8/h3,5,8,11H,2,4,6-7H2,1H3. The molecule has 0 saturated carbocycles. The van der Waals surface area contributed by atoms with Gasteiger partial charge in [-0.15, -0.1) is 0 Å². The molecule has 0 aromatic rings. The predicted octanol–water partition coefficient (Wildman–Crippen LogP) is 2.22. The summed E-state index contributed by atoms with van der Waals surface area (Å²) >= 11 is 0. The van der Waals surface area contributed by atoms with Gasteiger partial charge in [0.15, 0.2) is 0 Å². The zero-order valence-electron chi connectivity index (χ0n) is 7.06. The molecule has 1 unspecified atom stereocenters. The summed E-state index contributed by atoms with van der Waals surface area (Å²) in [5, 5.41) is 3.46. The van der Waals surface area contributed by atoms with Gasteiger partial charge in [-0.25, -0.2) is 0 Å². The van der Waals surface area contributed by atoms with Crippen LogP contribution in [0, 0.1) is 5.92 Å². The molecule has 0 amide bonds. The van der Waals surface area contributed by atoms with Crippen molar-refractivity contribution in [2.45, 2.75) is 26.2 Å². The largest absolute Gasteiger partial charge is 0.385 e. The lowest BCUT2D eigenvalue weighted by atomic mass is 9.90. The third-order valence-electron chi connectivity index (χ3n) is 2.51. The molecule has 0 aromatic carbocycles. The van der Waals surface area contributed by atoms with Crippen LogP contribution in [-0.2, 0) is 0 Å². The molecule has 0 saturated heterocycles. The van der Waals surface area contributed by atoms with Crippen LogP contribution in [0.1, 0.15) is 26.2 Å². The Labute approximate surface area is 68.2 Å². The summed E-state index contributed by atoms with van der Waals surface area (Å²) in [6, 6.07) is 0. The average Bonchev–Trinajstić information content (AvgIpc) is 2.04. The minimum absolute atomic E-state index is 0.834. The monoisotopic (exact) mass is 149 g/mol. The molecule has 1 aliphatic heterocycles. The fourth-order valence-corrected chi connectivity index (χ4v) is 1.88. The molecule has 1 aliphatic carbocycles. The van der Waals surface area contributed by atoms with E-state index in [1.165, 1.54) is 25.0 Å². The summed E-state index contributed by atoms with van der Waals surface area (Å²) in [5.41, 5.74) is 3.06. The Kier molecular flexibility index (Phi) is 1.72. The van der Waals surface area contributed by atoms with Crippen LogP contribution in [0.15, 0.2) is 23.4 Å². The third-order valence-corrected chi connectivity index (χ3v) is 2.51. The molecule has 1 heterocycles. The van der Waals surface area contributed by atoms with Crippen molar-refractivity contribution in [3.05, 3.63) is 23.4 Å². The summed E-state index contributed by atoms with van der Waals surface area (Å²) in [5.74, 6) is 0.834. The molecule has 0 fully saturated rings. The van der Waals surface area contributed by atoms with E-state index in [0.29, 0.717) is 0 Å². The highest BCUT2D eigenvalue weighted by Gasteiger charge is 2.16. The summed E-state index contributed by atoms with van der Waals surface area (Å²) in [6.07, 6.45) is 8.34. The van der Waals surface area contributed by atoms with E-state index in [-0.39, 0.29) is 0 Å². The van der Waals surface area contributed by atoms with Gasteiger partial charge in [0, 0.05) is 12.2 Å². The van der Waals surface area contributed by atoms with Crippen molar-refractivity contribution < 1.29 is 0 Å². The molecular weight excluding hydrogens is 134 g/mol. The van der Waals surface area contributed by atoms with Crippen molar-refractivity contribution in [3.63, 3.8) is 0 Å². The van der Waals surface area contributed by atoms with Gasteiger partial charge in [0.1, 0.15) is 0 Å². The first-order valence-corrected chi connectivity index (χ1v) is 4.48. The Hall–Kier alpha value is -0.720. The number of allylic oxidation sites excluding steroid dienone is 3. The normalized spacial score (nSPS) is 29.7. The van der Waals surface area contributed by atoms with Crippen molar-refractivity contribution >= 4 is 0 Å². The first-order valence-electron chi connectivity index (χ1n) is 4.48. The quantitative estimate of drug-likeness (QED) is 0.557. The van der Waals surface area contributed by atoms with Gasteiger partial charge in [-0.1, -0.05) is 13.0 Å².